The highest BCUT2D eigenvalue weighted by atomic mass is 32.1. The van der Waals surface area contributed by atoms with Crippen LogP contribution in [0.4, 0.5) is 31.8 Å². The minimum atomic E-state index is -2.44. The minimum absolute atomic E-state index is 0.358. The summed E-state index contributed by atoms with van der Waals surface area (Å²) in [5.41, 5.74) is 8.87. The van der Waals surface area contributed by atoms with Crippen LogP contribution in [0.3, 0.4) is 0 Å². The number of nitrogens with one attached hydrogen (secondary N) is 2. The lowest BCUT2D eigenvalue weighted by Gasteiger charge is -2.11. The van der Waals surface area contributed by atoms with Crippen LogP contribution in [0.25, 0.3) is 11.4 Å². The maximum absolute atomic E-state index is 12.3. The highest BCUT2D eigenvalue weighted by Crippen LogP contribution is 2.25. The second-order valence-corrected chi connectivity index (χ2v) is 6.28. The molecule has 1 aromatic carbocycles. The van der Waals surface area contributed by atoms with E-state index in [2.05, 4.69) is 25.6 Å². The summed E-state index contributed by atoms with van der Waals surface area (Å²) in [5, 5.41) is 8.54. The normalized spacial score (nSPS) is 10.9. The monoisotopic (exact) mass is 362 g/mol. The van der Waals surface area contributed by atoms with Gasteiger partial charge in [-0.15, -0.1) is 11.3 Å². The van der Waals surface area contributed by atoms with E-state index in [9.17, 15) is 8.78 Å². The smallest absolute Gasteiger partial charge is 0.255 e. The van der Waals surface area contributed by atoms with Crippen LogP contribution in [0, 0.1) is 6.92 Å². The van der Waals surface area contributed by atoms with Crippen LogP contribution in [0.15, 0.2) is 35.8 Å². The Balaban J connectivity index is 1.75. The number of hydrogen-bond acceptors (Lipinski definition) is 7. The third kappa shape index (κ3) is 4.38. The molecule has 9 heteroatoms. The van der Waals surface area contributed by atoms with Gasteiger partial charge in [0.05, 0.1) is 28.6 Å². The maximum Gasteiger partial charge on any atom is 0.255 e. The lowest BCUT2D eigenvalue weighted by Crippen LogP contribution is -2.11. The van der Waals surface area contributed by atoms with E-state index in [0.29, 0.717) is 28.7 Å². The van der Waals surface area contributed by atoms with E-state index in [1.54, 1.807) is 41.8 Å². The summed E-state index contributed by atoms with van der Waals surface area (Å²) in [6.45, 7) is 1.48. The van der Waals surface area contributed by atoms with Crippen LogP contribution in [-0.4, -0.2) is 27.9 Å². The molecule has 3 aromatic rings. The quantitative estimate of drug-likeness (QED) is 0.576. The number of thiazole rings is 1. The van der Waals surface area contributed by atoms with Gasteiger partial charge in [0.15, 0.2) is 0 Å². The van der Waals surface area contributed by atoms with E-state index in [-0.39, 0.29) is 0 Å². The van der Waals surface area contributed by atoms with Crippen molar-refractivity contribution in [2.24, 2.45) is 0 Å². The van der Waals surface area contributed by atoms with Crippen LogP contribution in [0.1, 0.15) is 5.01 Å². The number of halogens is 2. The van der Waals surface area contributed by atoms with Crippen LogP contribution in [-0.2, 0) is 0 Å². The summed E-state index contributed by atoms with van der Waals surface area (Å²) < 4.78 is 24.5. The highest BCUT2D eigenvalue weighted by molar-refractivity contribution is 7.09. The first-order valence-corrected chi connectivity index (χ1v) is 8.33. The van der Waals surface area contributed by atoms with Gasteiger partial charge in [-0.25, -0.2) is 23.7 Å². The van der Waals surface area contributed by atoms with Gasteiger partial charge in [-0.1, -0.05) is 0 Å². The molecule has 0 saturated carbocycles. The number of benzene rings is 1. The van der Waals surface area contributed by atoms with Gasteiger partial charge in [0.2, 0.25) is 5.95 Å². The Kier molecular flexibility index (Phi) is 5.03. The molecule has 0 fully saturated rings. The second-order valence-electron chi connectivity index (χ2n) is 5.22. The average Bonchev–Trinajstić information content (AvgIpc) is 3.01. The number of rotatable bonds is 6. The van der Waals surface area contributed by atoms with E-state index >= 15 is 0 Å². The van der Waals surface area contributed by atoms with Crippen molar-refractivity contribution in [3.05, 3.63) is 40.8 Å². The minimum Gasteiger partial charge on any atom is -0.397 e. The number of nitrogens with two attached hydrogens (primary N) is 1. The zero-order valence-electron chi connectivity index (χ0n) is 13.3. The number of aryl methyl sites for hydroxylation is 1. The molecule has 0 amide bonds. The molecule has 0 radical (unpaired) electrons. The fourth-order valence-electron chi connectivity index (χ4n) is 2.16. The van der Waals surface area contributed by atoms with Gasteiger partial charge >= 0.3 is 0 Å². The molecule has 0 saturated heterocycles. The predicted octanol–water partition coefficient (Wildman–Crippen LogP) is 3.91. The molecule has 2 heterocycles. The molecule has 0 bridgehead atoms. The highest BCUT2D eigenvalue weighted by Gasteiger charge is 2.08. The zero-order valence-corrected chi connectivity index (χ0v) is 14.1. The Bertz CT molecular complexity index is 867. The van der Waals surface area contributed by atoms with Gasteiger partial charge in [-0.3, -0.25) is 0 Å². The molecule has 3 rings (SSSR count). The zero-order chi connectivity index (χ0) is 17.8. The summed E-state index contributed by atoms with van der Waals surface area (Å²) in [6, 6.07) is 6.77. The molecule has 0 spiro atoms. The SMILES string of the molecule is Cc1nc(-c2ccnc(Nc3ccc(NCC(F)F)c(N)c3)n2)cs1. The first-order chi connectivity index (χ1) is 12.0. The number of nitrogens with zero attached hydrogens (tertiary/aromatic N) is 3. The number of alkyl halides is 2. The van der Waals surface area contributed by atoms with Crippen molar-refractivity contribution in [3.8, 4) is 11.4 Å². The van der Waals surface area contributed by atoms with E-state index in [1.807, 2.05) is 12.3 Å². The maximum atomic E-state index is 12.3. The molecule has 25 heavy (non-hydrogen) atoms. The fraction of sp³-hybridized carbons (Fsp3) is 0.188. The van der Waals surface area contributed by atoms with Gasteiger partial charge in [0, 0.05) is 17.3 Å². The van der Waals surface area contributed by atoms with Gasteiger partial charge in [0.1, 0.15) is 5.69 Å². The van der Waals surface area contributed by atoms with Crippen LogP contribution in [0.5, 0.6) is 0 Å². The summed E-state index contributed by atoms with van der Waals surface area (Å²) >= 11 is 1.55. The topological polar surface area (TPSA) is 88.8 Å². The van der Waals surface area contributed by atoms with Gasteiger partial charge in [-0.05, 0) is 31.2 Å². The number of hydrogen-bond donors (Lipinski definition) is 3. The molecular weight excluding hydrogens is 346 g/mol. The first-order valence-electron chi connectivity index (χ1n) is 7.45. The second kappa shape index (κ2) is 7.39. The van der Waals surface area contributed by atoms with E-state index in [4.69, 9.17) is 5.73 Å². The third-order valence-corrected chi connectivity index (χ3v) is 4.07. The molecule has 0 aliphatic heterocycles. The molecule has 4 N–H and O–H groups in total. The third-order valence-electron chi connectivity index (χ3n) is 3.29. The number of nitrogen functional groups attached to an aromatic ring is 1. The van der Waals surface area contributed by atoms with Gasteiger partial charge in [-0.2, -0.15) is 0 Å². The van der Waals surface area contributed by atoms with Crippen molar-refractivity contribution in [2.75, 3.05) is 22.9 Å². The molecular formula is C16H16F2N6S. The molecule has 130 valence electrons. The van der Waals surface area contributed by atoms with Crippen molar-refractivity contribution in [1.82, 2.24) is 15.0 Å². The average molecular weight is 362 g/mol. The lowest BCUT2D eigenvalue weighted by molar-refractivity contribution is 0.163. The van der Waals surface area contributed by atoms with Crippen LogP contribution in [0.2, 0.25) is 0 Å². The number of aromatic nitrogens is 3. The van der Waals surface area contributed by atoms with Crippen molar-refractivity contribution in [2.45, 2.75) is 13.3 Å². The Labute approximate surface area is 147 Å². The Hall–Kier alpha value is -2.81. The van der Waals surface area contributed by atoms with Crippen LogP contribution >= 0.6 is 11.3 Å². The van der Waals surface area contributed by atoms with Crippen molar-refractivity contribution in [1.29, 1.82) is 0 Å². The molecule has 0 unspecified atom stereocenters. The van der Waals surface area contributed by atoms with Crippen molar-refractivity contribution >= 4 is 34.3 Å². The summed E-state index contributed by atoms with van der Waals surface area (Å²) in [4.78, 5) is 13.0. The van der Waals surface area contributed by atoms with E-state index in [0.717, 1.165) is 10.7 Å². The Morgan fingerprint density at radius 2 is 2.04 bits per heavy atom. The molecule has 2 aromatic heterocycles. The van der Waals surface area contributed by atoms with E-state index < -0.39 is 13.0 Å². The van der Waals surface area contributed by atoms with Crippen molar-refractivity contribution < 1.29 is 8.78 Å². The summed E-state index contributed by atoms with van der Waals surface area (Å²) in [7, 11) is 0. The molecule has 6 nitrogen and oxygen atoms in total. The number of anilines is 4. The molecule has 0 aliphatic rings. The fourth-order valence-corrected chi connectivity index (χ4v) is 2.77. The standard InChI is InChI=1S/C16H16F2N6S/c1-9-22-14(8-25-9)13-4-5-20-16(24-13)23-10-2-3-12(11(19)6-10)21-7-15(17)18/h2-6,8,15,21H,7,19H2,1H3,(H,20,23,24). The molecule has 0 aliphatic carbocycles. The summed E-state index contributed by atoms with van der Waals surface area (Å²) in [5.74, 6) is 0.399. The first kappa shape index (κ1) is 17.0. The summed E-state index contributed by atoms with van der Waals surface area (Å²) in [6.07, 6.45) is -0.802. The van der Waals surface area contributed by atoms with E-state index in [1.165, 1.54) is 0 Å². The molecule has 0 atom stereocenters. The van der Waals surface area contributed by atoms with Gasteiger partial charge < -0.3 is 16.4 Å². The van der Waals surface area contributed by atoms with Gasteiger partial charge in [0.25, 0.3) is 6.43 Å². The van der Waals surface area contributed by atoms with Crippen molar-refractivity contribution in [3.63, 3.8) is 0 Å². The van der Waals surface area contributed by atoms with Crippen LogP contribution < -0.4 is 16.4 Å². The predicted molar refractivity (Wildman–Crippen MR) is 96.5 cm³/mol. The lowest BCUT2D eigenvalue weighted by atomic mass is 10.2. The largest absolute Gasteiger partial charge is 0.397 e. The Morgan fingerprint density at radius 3 is 2.72 bits per heavy atom. The Morgan fingerprint density at radius 1 is 1.20 bits per heavy atom.